The highest BCUT2D eigenvalue weighted by Gasteiger charge is 2.42. The molecule has 1 amide bonds. The van der Waals surface area contributed by atoms with Crippen LogP contribution in [0.3, 0.4) is 0 Å². The Labute approximate surface area is 128 Å². The highest BCUT2D eigenvalue weighted by Crippen LogP contribution is 2.49. The summed E-state index contributed by atoms with van der Waals surface area (Å²) >= 11 is 2.23. The molecule has 0 spiro atoms. The lowest BCUT2D eigenvalue weighted by atomic mass is 9.84. The van der Waals surface area contributed by atoms with Crippen LogP contribution in [-0.2, 0) is 0 Å². The minimum atomic E-state index is 0.0836. The summed E-state index contributed by atoms with van der Waals surface area (Å²) in [5, 5.41) is 3.22. The highest BCUT2D eigenvalue weighted by atomic mass is 127. The van der Waals surface area contributed by atoms with Gasteiger partial charge >= 0.3 is 0 Å². The molecule has 3 rings (SSSR count). The first kappa shape index (κ1) is 13.4. The number of fused-ring (bicyclic) bond motifs is 2. The van der Waals surface area contributed by atoms with E-state index in [1.54, 1.807) is 0 Å². The molecule has 2 fully saturated rings. The Balaban J connectivity index is 1.65. The van der Waals surface area contributed by atoms with Gasteiger partial charge in [0.25, 0.3) is 5.91 Å². The molecule has 0 aromatic heterocycles. The van der Waals surface area contributed by atoms with E-state index in [2.05, 4.69) is 34.8 Å². The van der Waals surface area contributed by atoms with Crippen molar-refractivity contribution in [3.05, 3.63) is 33.4 Å². The third-order valence-electron chi connectivity index (χ3n) is 4.91. The van der Waals surface area contributed by atoms with Gasteiger partial charge in [-0.1, -0.05) is 18.6 Å². The van der Waals surface area contributed by atoms with E-state index in [9.17, 15) is 4.79 Å². The number of hydrogen-bond acceptors (Lipinski definition) is 1. The minimum Gasteiger partial charge on any atom is -0.349 e. The number of rotatable bonds is 3. The first-order valence-electron chi connectivity index (χ1n) is 7.20. The molecule has 1 aromatic carbocycles. The Morgan fingerprint density at radius 1 is 1.32 bits per heavy atom. The summed E-state index contributed by atoms with van der Waals surface area (Å²) in [6.45, 7) is 2.18. The van der Waals surface area contributed by atoms with E-state index < -0.39 is 0 Å². The van der Waals surface area contributed by atoms with Crippen LogP contribution in [0.4, 0.5) is 0 Å². The van der Waals surface area contributed by atoms with Crippen LogP contribution >= 0.6 is 22.6 Å². The highest BCUT2D eigenvalue weighted by molar-refractivity contribution is 14.1. The molecule has 2 nitrogen and oxygen atoms in total. The predicted molar refractivity (Wildman–Crippen MR) is 85.0 cm³/mol. The van der Waals surface area contributed by atoms with E-state index in [4.69, 9.17) is 0 Å². The summed E-state index contributed by atoms with van der Waals surface area (Å²) in [5.41, 5.74) is 0.804. The zero-order chi connectivity index (χ0) is 13.4. The Morgan fingerprint density at radius 2 is 2.11 bits per heavy atom. The Kier molecular flexibility index (Phi) is 3.83. The van der Waals surface area contributed by atoms with Crippen molar-refractivity contribution in [3.8, 4) is 0 Å². The summed E-state index contributed by atoms with van der Waals surface area (Å²) in [6, 6.07) is 8.10. The number of halogens is 1. The minimum absolute atomic E-state index is 0.0836. The van der Waals surface area contributed by atoms with Gasteiger partial charge in [-0.15, -0.1) is 0 Å². The summed E-state index contributed by atoms with van der Waals surface area (Å²) in [5.74, 6) is 2.57. The lowest BCUT2D eigenvalue weighted by molar-refractivity contribution is 0.0914. The van der Waals surface area contributed by atoms with Gasteiger partial charge in [0.2, 0.25) is 0 Å². The van der Waals surface area contributed by atoms with Crippen LogP contribution in [0, 0.1) is 21.3 Å². The smallest absolute Gasteiger partial charge is 0.252 e. The second-order valence-corrected chi connectivity index (χ2v) is 7.24. The third-order valence-corrected chi connectivity index (χ3v) is 5.85. The summed E-state index contributed by atoms with van der Waals surface area (Å²) in [6.07, 6.45) is 5.50. The first-order valence-corrected chi connectivity index (χ1v) is 8.28. The van der Waals surface area contributed by atoms with E-state index in [0.29, 0.717) is 12.0 Å². The molecule has 19 heavy (non-hydrogen) atoms. The molecular weight excluding hydrogens is 349 g/mol. The zero-order valence-corrected chi connectivity index (χ0v) is 13.4. The van der Waals surface area contributed by atoms with Crippen molar-refractivity contribution in [2.45, 2.75) is 38.6 Å². The van der Waals surface area contributed by atoms with E-state index in [1.807, 2.05) is 24.3 Å². The molecule has 3 heteroatoms. The molecule has 0 radical (unpaired) electrons. The molecule has 0 unspecified atom stereocenters. The molecule has 2 bridgehead atoms. The maximum atomic E-state index is 12.3. The average molecular weight is 369 g/mol. The molecule has 2 saturated carbocycles. The summed E-state index contributed by atoms with van der Waals surface area (Å²) in [4.78, 5) is 12.3. The average Bonchev–Trinajstić information content (AvgIpc) is 3.01. The first-order chi connectivity index (χ1) is 9.15. The number of nitrogens with one attached hydrogen (secondary N) is 1. The van der Waals surface area contributed by atoms with Crippen LogP contribution in [0.15, 0.2) is 24.3 Å². The van der Waals surface area contributed by atoms with Crippen LogP contribution in [0.2, 0.25) is 0 Å². The van der Waals surface area contributed by atoms with E-state index in [1.165, 1.54) is 25.7 Å². The molecule has 4 atom stereocenters. The van der Waals surface area contributed by atoms with Crippen molar-refractivity contribution in [3.63, 3.8) is 0 Å². The van der Waals surface area contributed by atoms with Crippen molar-refractivity contribution in [1.82, 2.24) is 5.32 Å². The van der Waals surface area contributed by atoms with Crippen molar-refractivity contribution in [2.24, 2.45) is 17.8 Å². The Bertz CT molecular complexity index is 487. The standard InChI is InChI=1S/C16H20INO/c1-10(14-9-11-6-7-12(14)8-11)18-16(19)13-4-2-3-5-15(13)17/h2-5,10-12,14H,6-9H2,1H3,(H,18,19)/t10-,11+,12+,14+/m0/s1. The fourth-order valence-corrected chi connectivity index (χ4v) is 4.58. The van der Waals surface area contributed by atoms with Crippen LogP contribution in [0.1, 0.15) is 43.0 Å². The lowest BCUT2D eigenvalue weighted by Gasteiger charge is -2.28. The van der Waals surface area contributed by atoms with Gasteiger partial charge in [0.05, 0.1) is 5.56 Å². The van der Waals surface area contributed by atoms with Crippen molar-refractivity contribution in [2.75, 3.05) is 0 Å². The monoisotopic (exact) mass is 369 g/mol. The molecule has 1 aromatic rings. The molecule has 1 N–H and O–H groups in total. The van der Waals surface area contributed by atoms with Crippen LogP contribution in [-0.4, -0.2) is 11.9 Å². The largest absolute Gasteiger partial charge is 0.349 e. The molecule has 102 valence electrons. The topological polar surface area (TPSA) is 29.1 Å². The van der Waals surface area contributed by atoms with Gasteiger partial charge in [0, 0.05) is 9.61 Å². The van der Waals surface area contributed by atoms with Gasteiger partial charge in [-0.2, -0.15) is 0 Å². The maximum absolute atomic E-state index is 12.3. The maximum Gasteiger partial charge on any atom is 0.252 e. The predicted octanol–water partition coefficient (Wildman–Crippen LogP) is 3.85. The second kappa shape index (κ2) is 5.43. The molecular formula is C16H20INO. The number of amides is 1. The fourth-order valence-electron chi connectivity index (χ4n) is 3.94. The molecule has 2 aliphatic rings. The molecule has 0 heterocycles. The normalized spacial score (nSPS) is 30.3. The van der Waals surface area contributed by atoms with E-state index in [0.717, 1.165) is 21.0 Å². The lowest BCUT2D eigenvalue weighted by Crippen LogP contribution is -2.40. The Hall–Kier alpha value is -0.580. The van der Waals surface area contributed by atoms with Gasteiger partial charge in [-0.05, 0) is 78.7 Å². The van der Waals surface area contributed by atoms with Crippen molar-refractivity contribution >= 4 is 28.5 Å². The van der Waals surface area contributed by atoms with Crippen LogP contribution in [0.5, 0.6) is 0 Å². The van der Waals surface area contributed by atoms with E-state index >= 15 is 0 Å². The number of hydrogen-bond donors (Lipinski definition) is 1. The van der Waals surface area contributed by atoms with E-state index in [-0.39, 0.29) is 5.91 Å². The number of carbonyl (C=O) groups excluding carboxylic acids is 1. The third kappa shape index (κ3) is 2.67. The van der Waals surface area contributed by atoms with Gasteiger partial charge in [-0.3, -0.25) is 4.79 Å². The summed E-state index contributed by atoms with van der Waals surface area (Å²) < 4.78 is 1.03. The molecule has 0 saturated heterocycles. The number of benzene rings is 1. The van der Waals surface area contributed by atoms with Gasteiger partial charge in [0.15, 0.2) is 0 Å². The second-order valence-electron chi connectivity index (χ2n) is 6.08. The molecule has 2 aliphatic carbocycles. The SMILES string of the molecule is C[C@H](NC(=O)c1ccccc1I)[C@H]1C[C@@H]2CC[C@@H]1C2. The fraction of sp³-hybridized carbons (Fsp3) is 0.562. The molecule has 0 aliphatic heterocycles. The Morgan fingerprint density at radius 3 is 2.74 bits per heavy atom. The quantitative estimate of drug-likeness (QED) is 0.806. The zero-order valence-electron chi connectivity index (χ0n) is 11.2. The summed E-state index contributed by atoms with van der Waals surface area (Å²) in [7, 11) is 0. The van der Waals surface area contributed by atoms with Crippen molar-refractivity contribution in [1.29, 1.82) is 0 Å². The van der Waals surface area contributed by atoms with Crippen molar-refractivity contribution < 1.29 is 4.79 Å². The van der Waals surface area contributed by atoms with Gasteiger partial charge in [0.1, 0.15) is 0 Å². The van der Waals surface area contributed by atoms with Crippen LogP contribution < -0.4 is 5.32 Å². The van der Waals surface area contributed by atoms with Gasteiger partial charge < -0.3 is 5.32 Å². The van der Waals surface area contributed by atoms with Crippen LogP contribution in [0.25, 0.3) is 0 Å². The number of carbonyl (C=O) groups is 1. The van der Waals surface area contributed by atoms with Gasteiger partial charge in [-0.25, -0.2) is 0 Å².